The molecule has 5 heteroatoms. The standard InChI is InChI=1S/C11H22N2O3/c1-5-6-7(10(15)16)13-9(14)8(12)11(2,3)4/h7-8H,5-6,12H2,1-4H3,(H,13,14)(H,15,16)/t7-,8-/m0/s1. The van der Waals surface area contributed by atoms with Crippen molar-refractivity contribution in [2.45, 2.75) is 52.6 Å². The second-order valence-corrected chi connectivity index (χ2v) is 5.03. The summed E-state index contributed by atoms with van der Waals surface area (Å²) in [7, 11) is 0. The van der Waals surface area contributed by atoms with Crippen LogP contribution in [0.2, 0.25) is 0 Å². The Morgan fingerprint density at radius 3 is 2.19 bits per heavy atom. The van der Waals surface area contributed by atoms with E-state index in [9.17, 15) is 9.59 Å². The Morgan fingerprint density at radius 2 is 1.88 bits per heavy atom. The zero-order valence-corrected chi connectivity index (χ0v) is 10.4. The van der Waals surface area contributed by atoms with Gasteiger partial charge in [-0.3, -0.25) is 4.79 Å². The van der Waals surface area contributed by atoms with E-state index in [4.69, 9.17) is 10.8 Å². The summed E-state index contributed by atoms with van der Waals surface area (Å²) in [5.74, 6) is -1.43. The van der Waals surface area contributed by atoms with Crippen LogP contribution in [-0.4, -0.2) is 29.1 Å². The highest BCUT2D eigenvalue weighted by Gasteiger charge is 2.30. The molecule has 0 aliphatic carbocycles. The number of carboxylic acids is 1. The molecule has 0 aromatic rings. The van der Waals surface area contributed by atoms with Gasteiger partial charge >= 0.3 is 5.97 Å². The minimum atomic E-state index is -1.02. The molecule has 0 saturated carbocycles. The number of carbonyl (C=O) groups is 2. The molecule has 0 spiro atoms. The normalized spacial score (nSPS) is 15.3. The SMILES string of the molecule is CCC[C@H](NC(=O)[C@H](N)C(C)(C)C)C(=O)O. The van der Waals surface area contributed by atoms with Gasteiger partial charge in [0.2, 0.25) is 5.91 Å². The van der Waals surface area contributed by atoms with Crippen molar-refractivity contribution in [3.63, 3.8) is 0 Å². The minimum Gasteiger partial charge on any atom is -0.480 e. The van der Waals surface area contributed by atoms with Crippen molar-refractivity contribution in [3.8, 4) is 0 Å². The molecule has 0 fully saturated rings. The van der Waals surface area contributed by atoms with Gasteiger partial charge in [-0.1, -0.05) is 34.1 Å². The fourth-order valence-electron chi connectivity index (χ4n) is 1.20. The fraction of sp³-hybridized carbons (Fsp3) is 0.818. The minimum absolute atomic E-state index is 0.376. The summed E-state index contributed by atoms with van der Waals surface area (Å²) in [6, 6.07) is -1.54. The highest BCUT2D eigenvalue weighted by molar-refractivity contribution is 5.87. The number of amides is 1. The van der Waals surface area contributed by atoms with Crippen LogP contribution in [0.5, 0.6) is 0 Å². The third kappa shape index (κ3) is 4.61. The van der Waals surface area contributed by atoms with Crippen LogP contribution in [0.1, 0.15) is 40.5 Å². The molecule has 0 radical (unpaired) electrons. The lowest BCUT2D eigenvalue weighted by molar-refractivity contribution is -0.142. The summed E-state index contributed by atoms with van der Waals surface area (Å²) in [5, 5.41) is 11.3. The second kappa shape index (κ2) is 5.84. The first-order valence-electron chi connectivity index (χ1n) is 5.49. The Labute approximate surface area is 96.4 Å². The van der Waals surface area contributed by atoms with Gasteiger partial charge in [0, 0.05) is 0 Å². The first kappa shape index (κ1) is 14.9. The van der Waals surface area contributed by atoms with E-state index in [0.717, 1.165) is 0 Å². The summed E-state index contributed by atoms with van der Waals surface area (Å²) in [5.41, 5.74) is 5.36. The Balaban J connectivity index is 4.46. The van der Waals surface area contributed by atoms with Gasteiger partial charge in [-0.15, -0.1) is 0 Å². The topological polar surface area (TPSA) is 92.4 Å². The molecule has 16 heavy (non-hydrogen) atoms. The van der Waals surface area contributed by atoms with Crippen molar-refractivity contribution in [1.82, 2.24) is 5.32 Å². The zero-order chi connectivity index (χ0) is 12.9. The quantitative estimate of drug-likeness (QED) is 0.649. The average molecular weight is 230 g/mol. The molecule has 94 valence electrons. The Kier molecular flexibility index (Phi) is 5.44. The average Bonchev–Trinajstić information content (AvgIpc) is 2.14. The number of nitrogens with one attached hydrogen (secondary N) is 1. The molecule has 5 nitrogen and oxygen atoms in total. The molecule has 0 saturated heterocycles. The van der Waals surface area contributed by atoms with E-state index in [2.05, 4.69) is 5.32 Å². The summed E-state index contributed by atoms with van der Waals surface area (Å²) >= 11 is 0. The predicted octanol–water partition coefficient (Wildman–Crippen LogP) is 0.729. The summed E-state index contributed by atoms with van der Waals surface area (Å²) in [6.45, 7) is 7.39. The van der Waals surface area contributed by atoms with E-state index in [1.54, 1.807) is 0 Å². The van der Waals surface area contributed by atoms with Crippen LogP contribution >= 0.6 is 0 Å². The van der Waals surface area contributed by atoms with Crippen LogP contribution in [0.4, 0.5) is 0 Å². The van der Waals surface area contributed by atoms with Crippen molar-refractivity contribution in [3.05, 3.63) is 0 Å². The smallest absolute Gasteiger partial charge is 0.326 e. The number of aliphatic carboxylic acids is 1. The van der Waals surface area contributed by atoms with Gasteiger partial charge in [-0.25, -0.2) is 4.79 Å². The third-order valence-corrected chi connectivity index (χ3v) is 2.41. The van der Waals surface area contributed by atoms with Crippen LogP contribution in [-0.2, 0) is 9.59 Å². The first-order chi connectivity index (χ1) is 7.20. The van der Waals surface area contributed by atoms with Crippen LogP contribution in [0.3, 0.4) is 0 Å². The summed E-state index contributed by atoms with van der Waals surface area (Å²) < 4.78 is 0. The molecular formula is C11H22N2O3. The maximum Gasteiger partial charge on any atom is 0.326 e. The Bertz CT molecular complexity index is 258. The van der Waals surface area contributed by atoms with E-state index < -0.39 is 24.0 Å². The highest BCUT2D eigenvalue weighted by Crippen LogP contribution is 2.17. The maximum absolute atomic E-state index is 11.7. The van der Waals surface area contributed by atoms with Gasteiger partial charge in [-0.2, -0.15) is 0 Å². The zero-order valence-electron chi connectivity index (χ0n) is 10.4. The highest BCUT2D eigenvalue weighted by atomic mass is 16.4. The molecule has 0 bridgehead atoms. The summed E-state index contributed by atoms with van der Waals surface area (Å²) in [6.07, 6.45) is 1.11. The molecule has 0 rings (SSSR count). The van der Waals surface area contributed by atoms with E-state index in [-0.39, 0.29) is 5.41 Å². The van der Waals surface area contributed by atoms with E-state index in [1.807, 2.05) is 27.7 Å². The van der Waals surface area contributed by atoms with Crippen LogP contribution in [0.25, 0.3) is 0 Å². The van der Waals surface area contributed by atoms with Gasteiger partial charge in [0.05, 0.1) is 6.04 Å². The molecule has 2 atom stereocenters. The lowest BCUT2D eigenvalue weighted by Gasteiger charge is -2.27. The van der Waals surface area contributed by atoms with Crippen LogP contribution < -0.4 is 11.1 Å². The number of carbonyl (C=O) groups excluding carboxylic acids is 1. The van der Waals surface area contributed by atoms with E-state index in [0.29, 0.717) is 12.8 Å². The van der Waals surface area contributed by atoms with E-state index >= 15 is 0 Å². The number of hydrogen-bond acceptors (Lipinski definition) is 3. The molecule has 4 N–H and O–H groups in total. The molecule has 0 unspecified atom stereocenters. The largest absolute Gasteiger partial charge is 0.480 e. The second-order valence-electron chi connectivity index (χ2n) is 5.03. The van der Waals surface area contributed by atoms with Crippen molar-refractivity contribution < 1.29 is 14.7 Å². The molecule has 0 aliphatic rings. The summed E-state index contributed by atoms with van der Waals surface area (Å²) in [4.78, 5) is 22.5. The van der Waals surface area contributed by atoms with Crippen molar-refractivity contribution in [2.75, 3.05) is 0 Å². The van der Waals surface area contributed by atoms with Crippen molar-refractivity contribution in [1.29, 1.82) is 0 Å². The molecule has 0 aliphatic heterocycles. The number of rotatable bonds is 5. The fourth-order valence-corrected chi connectivity index (χ4v) is 1.20. The Morgan fingerprint density at radius 1 is 1.38 bits per heavy atom. The molecular weight excluding hydrogens is 208 g/mol. The lowest BCUT2D eigenvalue weighted by Crippen LogP contribution is -2.53. The van der Waals surface area contributed by atoms with Crippen LogP contribution in [0.15, 0.2) is 0 Å². The number of hydrogen-bond donors (Lipinski definition) is 3. The van der Waals surface area contributed by atoms with Gasteiger partial charge in [0.25, 0.3) is 0 Å². The number of carboxylic acid groups (broad SMARTS) is 1. The van der Waals surface area contributed by atoms with Gasteiger partial charge in [0.15, 0.2) is 0 Å². The van der Waals surface area contributed by atoms with Crippen LogP contribution in [0, 0.1) is 5.41 Å². The molecule has 0 aromatic heterocycles. The molecule has 0 heterocycles. The number of nitrogens with two attached hydrogens (primary N) is 1. The molecule has 0 aromatic carbocycles. The Hall–Kier alpha value is -1.10. The predicted molar refractivity (Wildman–Crippen MR) is 61.9 cm³/mol. The van der Waals surface area contributed by atoms with Gasteiger partial charge < -0.3 is 16.2 Å². The van der Waals surface area contributed by atoms with Crippen molar-refractivity contribution >= 4 is 11.9 Å². The maximum atomic E-state index is 11.7. The van der Waals surface area contributed by atoms with E-state index in [1.165, 1.54) is 0 Å². The third-order valence-electron chi connectivity index (χ3n) is 2.41. The first-order valence-corrected chi connectivity index (χ1v) is 5.49. The monoisotopic (exact) mass is 230 g/mol. The van der Waals surface area contributed by atoms with Gasteiger partial charge in [-0.05, 0) is 11.8 Å². The molecule has 1 amide bonds. The van der Waals surface area contributed by atoms with Gasteiger partial charge in [0.1, 0.15) is 6.04 Å². The lowest BCUT2D eigenvalue weighted by atomic mass is 9.87. The van der Waals surface area contributed by atoms with Crippen molar-refractivity contribution in [2.24, 2.45) is 11.1 Å².